The molecule has 8 nitrogen and oxygen atoms in total. The van der Waals surface area contributed by atoms with Crippen LogP contribution in [0.3, 0.4) is 0 Å². The average molecular weight is 410 g/mol. The van der Waals surface area contributed by atoms with E-state index in [0.29, 0.717) is 40.3 Å². The van der Waals surface area contributed by atoms with E-state index in [1.54, 1.807) is 31.2 Å². The molecule has 0 bridgehead atoms. The molecule has 0 saturated heterocycles. The molecule has 158 valence electrons. The molecule has 3 rings (SSSR count). The molecule has 0 aliphatic carbocycles. The highest BCUT2D eigenvalue weighted by molar-refractivity contribution is 6.07. The van der Waals surface area contributed by atoms with E-state index >= 15 is 0 Å². The van der Waals surface area contributed by atoms with Crippen LogP contribution in [0.25, 0.3) is 11.1 Å². The molecule has 2 aromatic heterocycles. The second-order valence-electron chi connectivity index (χ2n) is 7.27. The second-order valence-corrected chi connectivity index (χ2v) is 7.27. The van der Waals surface area contributed by atoms with E-state index in [1.807, 2.05) is 26.8 Å². The normalized spacial score (nSPS) is 11.0. The summed E-state index contributed by atoms with van der Waals surface area (Å²) in [5.41, 5.74) is 2.64. The van der Waals surface area contributed by atoms with Crippen molar-refractivity contribution >= 4 is 28.6 Å². The van der Waals surface area contributed by atoms with Crippen LogP contribution in [0.1, 0.15) is 48.4 Å². The highest BCUT2D eigenvalue weighted by Gasteiger charge is 2.24. The molecule has 0 fully saturated rings. The number of carbonyl (C=O) groups is 2. The van der Waals surface area contributed by atoms with Crippen molar-refractivity contribution in [2.75, 3.05) is 25.5 Å². The zero-order chi connectivity index (χ0) is 21.8. The van der Waals surface area contributed by atoms with Crippen LogP contribution >= 0.6 is 0 Å². The summed E-state index contributed by atoms with van der Waals surface area (Å²) in [7, 11) is 1.54. The number of likely N-dealkylation sites (N-methyl/N-ethyl adjacent to an activating group) is 1. The highest BCUT2D eigenvalue weighted by Crippen LogP contribution is 2.26. The monoisotopic (exact) mass is 410 g/mol. The van der Waals surface area contributed by atoms with Crippen LogP contribution < -0.4 is 10.1 Å². The maximum atomic E-state index is 13.3. The lowest BCUT2D eigenvalue weighted by atomic mass is 10.0. The quantitative estimate of drug-likeness (QED) is 0.637. The van der Waals surface area contributed by atoms with Crippen molar-refractivity contribution in [2.45, 2.75) is 33.6 Å². The summed E-state index contributed by atoms with van der Waals surface area (Å²) in [5, 5.41) is 7.34. The number of aromatic nitrogens is 2. The average Bonchev–Trinajstić information content (AvgIpc) is 3.12. The lowest BCUT2D eigenvalue weighted by Gasteiger charge is -2.21. The van der Waals surface area contributed by atoms with Gasteiger partial charge in [0.15, 0.2) is 0 Å². The number of rotatable bonds is 7. The molecule has 0 saturated carbocycles. The van der Waals surface area contributed by atoms with Gasteiger partial charge in [-0.25, -0.2) is 4.98 Å². The molecule has 3 aromatic rings. The maximum absolute atomic E-state index is 13.3. The summed E-state index contributed by atoms with van der Waals surface area (Å²) < 4.78 is 10.6. The predicted molar refractivity (Wildman–Crippen MR) is 114 cm³/mol. The van der Waals surface area contributed by atoms with Gasteiger partial charge in [0.05, 0.1) is 29.4 Å². The van der Waals surface area contributed by atoms with Crippen molar-refractivity contribution in [3.05, 3.63) is 47.3 Å². The second kappa shape index (κ2) is 8.94. The molecular weight excluding hydrogens is 384 g/mol. The van der Waals surface area contributed by atoms with Gasteiger partial charge in [0.1, 0.15) is 12.3 Å². The molecular formula is C22H26N4O4. The van der Waals surface area contributed by atoms with E-state index in [4.69, 9.17) is 9.26 Å². The Kier molecular flexibility index (Phi) is 6.34. The summed E-state index contributed by atoms with van der Waals surface area (Å²) in [4.78, 5) is 31.9. The molecule has 0 aliphatic heterocycles. The van der Waals surface area contributed by atoms with Crippen LogP contribution in [-0.4, -0.2) is 47.1 Å². The van der Waals surface area contributed by atoms with Crippen molar-refractivity contribution in [3.63, 3.8) is 0 Å². The van der Waals surface area contributed by atoms with Gasteiger partial charge >= 0.3 is 0 Å². The van der Waals surface area contributed by atoms with Gasteiger partial charge in [-0.3, -0.25) is 9.59 Å². The number of nitrogens with zero attached hydrogens (tertiary/aromatic N) is 3. The van der Waals surface area contributed by atoms with Crippen LogP contribution in [-0.2, 0) is 4.79 Å². The van der Waals surface area contributed by atoms with Crippen molar-refractivity contribution in [1.29, 1.82) is 0 Å². The molecule has 0 atom stereocenters. The summed E-state index contributed by atoms with van der Waals surface area (Å²) in [5.74, 6) is 0.0763. The number of methoxy groups -OCH3 is 1. The van der Waals surface area contributed by atoms with Gasteiger partial charge in [0.25, 0.3) is 11.6 Å². The molecule has 0 spiro atoms. The van der Waals surface area contributed by atoms with E-state index in [0.717, 1.165) is 5.69 Å². The van der Waals surface area contributed by atoms with Gasteiger partial charge in [-0.2, -0.15) is 0 Å². The van der Waals surface area contributed by atoms with E-state index in [-0.39, 0.29) is 24.3 Å². The van der Waals surface area contributed by atoms with E-state index in [9.17, 15) is 9.59 Å². The molecule has 30 heavy (non-hydrogen) atoms. The number of pyridine rings is 1. The summed E-state index contributed by atoms with van der Waals surface area (Å²) in [6.45, 7) is 7.84. The standard InChI is InChI=1S/C22H26N4O4/c1-6-26(12-19(27)23-16-9-7-8-10-18(16)29-5)22(28)15-11-17(13(2)3)24-21-20(15)14(4)25-30-21/h7-11,13H,6,12H2,1-5H3,(H,23,27). The van der Waals surface area contributed by atoms with Gasteiger partial charge in [0, 0.05) is 12.2 Å². The predicted octanol–water partition coefficient (Wildman–Crippen LogP) is 3.76. The molecule has 8 heteroatoms. The molecule has 2 amide bonds. The van der Waals surface area contributed by atoms with Crippen molar-refractivity contribution < 1.29 is 18.8 Å². The molecule has 1 N–H and O–H groups in total. The van der Waals surface area contributed by atoms with Crippen LogP contribution in [0.4, 0.5) is 5.69 Å². The minimum Gasteiger partial charge on any atom is -0.495 e. The van der Waals surface area contributed by atoms with E-state index in [1.165, 1.54) is 12.0 Å². The molecule has 0 unspecified atom stereocenters. The Bertz CT molecular complexity index is 1070. The third-order valence-electron chi connectivity index (χ3n) is 4.84. The lowest BCUT2D eigenvalue weighted by Crippen LogP contribution is -2.38. The Morgan fingerprint density at radius 1 is 1.27 bits per heavy atom. The number of para-hydroxylation sites is 2. The van der Waals surface area contributed by atoms with Gasteiger partial charge in [-0.1, -0.05) is 31.1 Å². The van der Waals surface area contributed by atoms with Crippen molar-refractivity contribution in [1.82, 2.24) is 15.0 Å². The summed E-state index contributed by atoms with van der Waals surface area (Å²) >= 11 is 0. The Hall–Kier alpha value is -3.42. The Morgan fingerprint density at radius 2 is 2.00 bits per heavy atom. The zero-order valence-electron chi connectivity index (χ0n) is 17.9. The summed E-state index contributed by atoms with van der Waals surface area (Å²) in [6.07, 6.45) is 0. The smallest absolute Gasteiger partial charge is 0.259 e. The Labute approximate surface area is 175 Å². The highest BCUT2D eigenvalue weighted by atomic mass is 16.5. The van der Waals surface area contributed by atoms with Crippen LogP contribution in [0.2, 0.25) is 0 Å². The fourth-order valence-corrected chi connectivity index (χ4v) is 3.19. The third-order valence-corrected chi connectivity index (χ3v) is 4.84. The number of aryl methyl sites for hydroxylation is 1. The number of nitrogens with one attached hydrogen (secondary N) is 1. The number of anilines is 1. The van der Waals surface area contributed by atoms with E-state index in [2.05, 4.69) is 15.5 Å². The molecule has 1 aromatic carbocycles. The Balaban J connectivity index is 1.87. The minimum absolute atomic E-state index is 0.0987. The van der Waals surface area contributed by atoms with Gasteiger partial charge < -0.3 is 19.5 Å². The number of amides is 2. The first-order chi connectivity index (χ1) is 14.3. The first kappa shape index (κ1) is 21.3. The summed E-state index contributed by atoms with van der Waals surface area (Å²) in [6, 6.07) is 8.89. The van der Waals surface area contributed by atoms with Crippen LogP contribution in [0.15, 0.2) is 34.9 Å². The molecule has 0 radical (unpaired) electrons. The fraction of sp³-hybridized carbons (Fsp3) is 0.364. The van der Waals surface area contributed by atoms with Gasteiger partial charge in [0.2, 0.25) is 5.91 Å². The minimum atomic E-state index is -0.314. The number of ether oxygens (including phenoxy) is 1. The zero-order valence-corrected chi connectivity index (χ0v) is 17.9. The maximum Gasteiger partial charge on any atom is 0.259 e. The third kappa shape index (κ3) is 4.27. The number of hydrogen-bond acceptors (Lipinski definition) is 6. The fourth-order valence-electron chi connectivity index (χ4n) is 3.19. The molecule has 0 aliphatic rings. The van der Waals surface area contributed by atoms with Crippen LogP contribution in [0, 0.1) is 6.92 Å². The first-order valence-electron chi connectivity index (χ1n) is 9.84. The van der Waals surface area contributed by atoms with Gasteiger partial charge in [-0.15, -0.1) is 0 Å². The first-order valence-corrected chi connectivity index (χ1v) is 9.84. The van der Waals surface area contributed by atoms with Crippen molar-refractivity contribution in [3.8, 4) is 5.75 Å². The lowest BCUT2D eigenvalue weighted by molar-refractivity contribution is -0.116. The molecule has 2 heterocycles. The topological polar surface area (TPSA) is 97.6 Å². The SMILES string of the molecule is CCN(CC(=O)Nc1ccccc1OC)C(=O)c1cc(C(C)C)nc2onc(C)c12. The van der Waals surface area contributed by atoms with Crippen molar-refractivity contribution in [2.24, 2.45) is 0 Å². The number of hydrogen-bond donors (Lipinski definition) is 1. The van der Waals surface area contributed by atoms with Gasteiger partial charge in [-0.05, 0) is 38.0 Å². The largest absolute Gasteiger partial charge is 0.495 e. The number of carbonyl (C=O) groups excluding carboxylic acids is 2. The number of fused-ring (bicyclic) bond motifs is 1. The van der Waals surface area contributed by atoms with Crippen LogP contribution in [0.5, 0.6) is 5.75 Å². The Morgan fingerprint density at radius 3 is 2.67 bits per heavy atom. The van der Waals surface area contributed by atoms with E-state index < -0.39 is 0 Å². The number of benzene rings is 1.